The Balaban J connectivity index is 1.87. The summed E-state index contributed by atoms with van der Waals surface area (Å²) in [7, 11) is 0. The number of likely N-dealkylation sites (tertiary alicyclic amines) is 1. The molecule has 1 atom stereocenters. The fourth-order valence-electron chi connectivity index (χ4n) is 3.67. The van der Waals surface area contributed by atoms with Crippen LogP contribution in [-0.4, -0.2) is 19.6 Å². The van der Waals surface area contributed by atoms with Crippen molar-refractivity contribution in [3.63, 3.8) is 0 Å². The van der Waals surface area contributed by atoms with Crippen LogP contribution in [0, 0.1) is 6.92 Å². The molecule has 98 valence electrons. The van der Waals surface area contributed by atoms with E-state index in [1.54, 1.807) is 11.1 Å². The maximum absolute atomic E-state index is 2.50. The van der Waals surface area contributed by atoms with Crippen molar-refractivity contribution in [2.45, 2.75) is 45.2 Å². The molecule has 0 radical (unpaired) electrons. The van der Waals surface area contributed by atoms with E-state index in [4.69, 9.17) is 0 Å². The SMILES string of the molecule is Cc1ccc2c(c1)[C@H]([NH+]1CCCCCC1)C[NH2+]C2. The highest BCUT2D eigenvalue weighted by Crippen LogP contribution is 2.19. The Morgan fingerprint density at radius 3 is 2.67 bits per heavy atom. The maximum Gasteiger partial charge on any atom is 0.163 e. The molecule has 0 bridgehead atoms. The fourth-order valence-corrected chi connectivity index (χ4v) is 3.67. The largest absolute Gasteiger partial charge is 0.337 e. The van der Waals surface area contributed by atoms with E-state index < -0.39 is 0 Å². The van der Waals surface area contributed by atoms with Crippen LogP contribution in [0.2, 0.25) is 0 Å². The molecule has 2 heteroatoms. The average molecular weight is 246 g/mol. The van der Waals surface area contributed by atoms with Crippen LogP contribution in [0.4, 0.5) is 0 Å². The van der Waals surface area contributed by atoms with Crippen LogP contribution in [0.15, 0.2) is 18.2 Å². The molecule has 2 aliphatic heterocycles. The van der Waals surface area contributed by atoms with E-state index in [0.717, 1.165) is 6.04 Å². The third kappa shape index (κ3) is 2.45. The quantitative estimate of drug-likeness (QED) is 0.723. The fraction of sp³-hybridized carbons (Fsp3) is 0.625. The van der Waals surface area contributed by atoms with Crippen LogP contribution in [0.25, 0.3) is 0 Å². The van der Waals surface area contributed by atoms with E-state index in [-0.39, 0.29) is 0 Å². The minimum atomic E-state index is 0.742. The molecule has 1 fully saturated rings. The summed E-state index contributed by atoms with van der Waals surface area (Å²) in [5.41, 5.74) is 4.65. The van der Waals surface area contributed by atoms with Gasteiger partial charge in [-0.3, -0.25) is 0 Å². The van der Waals surface area contributed by atoms with Crippen LogP contribution in [0.3, 0.4) is 0 Å². The van der Waals surface area contributed by atoms with Crippen LogP contribution < -0.4 is 10.2 Å². The Morgan fingerprint density at radius 2 is 1.89 bits per heavy atom. The topological polar surface area (TPSA) is 21.1 Å². The summed E-state index contributed by atoms with van der Waals surface area (Å²) < 4.78 is 0. The molecule has 0 saturated carbocycles. The van der Waals surface area contributed by atoms with Gasteiger partial charge in [0.1, 0.15) is 13.1 Å². The van der Waals surface area contributed by atoms with E-state index in [2.05, 4.69) is 30.4 Å². The zero-order valence-corrected chi connectivity index (χ0v) is 11.5. The monoisotopic (exact) mass is 246 g/mol. The number of nitrogens with two attached hydrogens (primary N) is 1. The van der Waals surface area contributed by atoms with Crippen molar-refractivity contribution < 1.29 is 10.2 Å². The first-order valence-corrected chi connectivity index (χ1v) is 7.60. The summed E-state index contributed by atoms with van der Waals surface area (Å²) in [5.74, 6) is 0. The number of quaternary nitrogens is 2. The molecule has 18 heavy (non-hydrogen) atoms. The molecule has 2 heterocycles. The van der Waals surface area contributed by atoms with Gasteiger partial charge >= 0.3 is 0 Å². The highest BCUT2D eigenvalue weighted by Gasteiger charge is 2.31. The minimum Gasteiger partial charge on any atom is -0.337 e. The molecule has 2 nitrogen and oxygen atoms in total. The van der Waals surface area contributed by atoms with Crippen molar-refractivity contribution in [3.05, 3.63) is 34.9 Å². The van der Waals surface area contributed by atoms with Gasteiger partial charge in [0.2, 0.25) is 0 Å². The number of rotatable bonds is 1. The summed E-state index contributed by atoms with van der Waals surface area (Å²) in [6.07, 6.45) is 5.74. The lowest BCUT2D eigenvalue weighted by Crippen LogP contribution is -3.15. The van der Waals surface area contributed by atoms with Gasteiger partial charge in [-0.1, -0.05) is 17.7 Å². The summed E-state index contributed by atoms with van der Waals surface area (Å²) in [5, 5.41) is 2.50. The molecule has 0 spiro atoms. The van der Waals surface area contributed by atoms with Crippen LogP contribution in [0.5, 0.6) is 0 Å². The number of hydrogen-bond acceptors (Lipinski definition) is 0. The van der Waals surface area contributed by atoms with Gasteiger partial charge in [0.15, 0.2) is 6.04 Å². The van der Waals surface area contributed by atoms with Crippen LogP contribution >= 0.6 is 0 Å². The molecule has 3 N–H and O–H groups in total. The van der Waals surface area contributed by atoms with E-state index in [9.17, 15) is 0 Å². The Kier molecular flexibility index (Phi) is 3.67. The normalized spacial score (nSPS) is 25.5. The molecule has 0 unspecified atom stereocenters. The summed E-state index contributed by atoms with van der Waals surface area (Å²) >= 11 is 0. The Morgan fingerprint density at radius 1 is 1.11 bits per heavy atom. The van der Waals surface area contributed by atoms with E-state index in [1.165, 1.54) is 57.4 Å². The van der Waals surface area contributed by atoms with Gasteiger partial charge in [-0.25, -0.2) is 0 Å². The summed E-state index contributed by atoms with van der Waals surface area (Å²) in [6.45, 7) is 7.45. The summed E-state index contributed by atoms with van der Waals surface area (Å²) in [4.78, 5) is 1.84. The molecular weight excluding hydrogens is 220 g/mol. The van der Waals surface area contributed by atoms with Crippen molar-refractivity contribution in [2.24, 2.45) is 0 Å². The first-order valence-electron chi connectivity index (χ1n) is 7.60. The van der Waals surface area contributed by atoms with Crippen molar-refractivity contribution in [2.75, 3.05) is 19.6 Å². The third-order valence-corrected chi connectivity index (χ3v) is 4.68. The molecule has 0 aliphatic carbocycles. The van der Waals surface area contributed by atoms with Crippen molar-refractivity contribution in [3.8, 4) is 0 Å². The second-order valence-electron chi connectivity index (χ2n) is 6.06. The second-order valence-corrected chi connectivity index (χ2v) is 6.06. The third-order valence-electron chi connectivity index (χ3n) is 4.68. The average Bonchev–Trinajstić information content (AvgIpc) is 2.67. The Bertz CT molecular complexity index is 406. The number of nitrogens with one attached hydrogen (secondary N) is 1. The Hall–Kier alpha value is -0.860. The van der Waals surface area contributed by atoms with Gasteiger partial charge in [-0.05, 0) is 38.7 Å². The molecule has 2 aliphatic rings. The van der Waals surface area contributed by atoms with Gasteiger partial charge in [0, 0.05) is 11.1 Å². The van der Waals surface area contributed by atoms with Gasteiger partial charge in [-0.15, -0.1) is 0 Å². The lowest BCUT2D eigenvalue weighted by Gasteiger charge is -2.31. The zero-order chi connectivity index (χ0) is 12.4. The van der Waals surface area contributed by atoms with Crippen molar-refractivity contribution >= 4 is 0 Å². The molecule has 1 aromatic rings. The van der Waals surface area contributed by atoms with E-state index >= 15 is 0 Å². The minimum absolute atomic E-state index is 0.742. The predicted octanol–water partition coefficient (Wildman–Crippen LogP) is 0.572. The van der Waals surface area contributed by atoms with E-state index in [0.29, 0.717) is 0 Å². The van der Waals surface area contributed by atoms with Gasteiger partial charge in [0.05, 0.1) is 13.1 Å². The first-order chi connectivity index (χ1) is 8.84. The first kappa shape index (κ1) is 12.2. The Labute approximate surface area is 110 Å². The van der Waals surface area contributed by atoms with Gasteiger partial charge < -0.3 is 10.2 Å². The molecule has 0 aromatic heterocycles. The van der Waals surface area contributed by atoms with Crippen molar-refractivity contribution in [1.82, 2.24) is 0 Å². The standard InChI is InChI=1S/C16H24N2/c1-13-6-7-14-11-17-12-16(15(14)10-13)18-8-4-2-3-5-9-18/h6-7,10,16-17H,2-5,8-9,11-12H2,1H3/p+2/t16-/m1/s1. The smallest absolute Gasteiger partial charge is 0.163 e. The molecule has 0 amide bonds. The highest BCUT2D eigenvalue weighted by molar-refractivity contribution is 5.33. The second kappa shape index (κ2) is 5.41. The molecule has 3 rings (SSSR count). The number of fused-ring (bicyclic) bond motifs is 1. The number of benzene rings is 1. The van der Waals surface area contributed by atoms with Crippen molar-refractivity contribution in [1.29, 1.82) is 0 Å². The number of hydrogen-bond donors (Lipinski definition) is 2. The molecule has 1 aromatic carbocycles. The molecule has 1 saturated heterocycles. The number of aryl methyl sites for hydroxylation is 1. The van der Waals surface area contributed by atoms with Crippen LogP contribution in [0.1, 0.15) is 48.4 Å². The van der Waals surface area contributed by atoms with E-state index in [1.807, 2.05) is 4.90 Å². The lowest BCUT2D eigenvalue weighted by molar-refractivity contribution is -0.947. The summed E-state index contributed by atoms with van der Waals surface area (Å²) in [6, 6.07) is 7.81. The molecular formula is C16H26N2+2. The van der Waals surface area contributed by atoms with Gasteiger partial charge in [0.25, 0.3) is 0 Å². The van der Waals surface area contributed by atoms with Gasteiger partial charge in [-0.2, -0.15) is 0 Å². The zero-order valence-electron chi connectivity index (χ0n) is 11.5. The van der Waals surface area contributed by atoms with Crippen LogP contribution in [-0.2, 0) is 6.54 Å². The lowest BCUT2D eigenvalue weighted by atomic mass is 9.93. The maximum atomic E-state index is 2.50. The highest BCUT2D eigenvalue weighted by atomic mass is 15.2. The predicted molar refractivity (Wildman–Crippen MR) is 73.6 cm³/mol.